The van der Waals surface area contributed by atoms with Crippen LogP contribution in [0.25, 0.3) is 0 Å². The van der Waals surface area contributed by atoms with Crippen molar-refractivity contribution in [3.63, 3.8) is 0 Å². The van der Waals surface area contributed by atoms with Crippen LogP contribution in [0.2, 0.25) is 0 Å². The highest BCUT2D eigenvalue weighted by Gasteiger charge is 2.20. The minimum Gasteiger partial charge on any atom is -0.366 e. The van der Waals surface area contributed by atoms with Crippen molar-refractivity contribution in [1.29, 1.82) is 0 Å². The maximum atomic E-state index is 12.1. The Morgan fingerprint density at radius 1 is 1.24 bits per heavy atom. The third kappa shape index (κ3) is 4.27. The number of amides is 2. The molecule has 0 saturated carbocycles. The molecule has 1 aromatic rings. The van der Waals surface area contributed by atoms with Gasteiger partial charge in [-0.25, -0.2) is 0 Å². The lowest BCUT2D eigenvalue weighted by Gasteiger charge is -2.30. The van der Waals surface area contributed by atoms with Crippen molar-refractivity contribution >= 4 is 17.5 Å². The molecule has 21 heavy (non-hydrogen) atoms. The van der Waals surface area contributed by atoms with E-state index >= 15 is 0 Å². The third-order valence-electron chi connectivity index (χ3n) is 3.87. The Morgan fingerprint density at radius 2 is 1.90 bits per heavy atom. The fourth-order valence-corrected chi connectivity index (χ4v) is 2.58. The van der Waals surface area contributed by atoms with E-state index in [0.29, 0.717) is 30.3 Å². The molecular formula is C15H22N4O2. The number of primary amides is 1. The van der Waals surface area contributed by atoms with Crippen molar-refractivity contribution in [2.75, 3.05) is 31.5 Å². The molecule has 0 atom stereocenters. The molecule has 0 unspecified atom stereocenters. The van der Waals surface area contributed by atoms with Crippen LogP contribution in [0.3, 0.4) is 0 Å². The number of benzene rings is 1. The maximum Gasteiger partial charge on any atom is 0.250 e. The fourth-order valence-electron chi connectivity index (χ4n) is 2.58. The summed E-state index contributed by atoms with van der Waals surface area (Å²) >= 11 is 0. The highest BCUT2D eigenvalue weighted by molar-refractivity contribution is 6.03. The monoisotopic (exact) mass is 290 g/mol. The van der Waals surface area contributed by atoms with E-state index in [-0.39, 0.29) is 5.91 Å². The molecule has 2 rings (SSSR count). The predicted octanol–water partition coefficient (Wildman–Crippen LogP) is 0.395. The van der Waals surface area contributed by atoms with Crippen LogP contribution < -0.4 is 16.8 Å². The summed E-state index contributed by atoms with van der Waals surface area (Å²) in [5, 5.41) is 2.76. The van der Waals surface area contributed by atoms with Gasteiger partial charge in [-0.1, -0.05) is 12.1 Å². The summed E-state index contributed by atoms with van der Waals surface area (Å²) < 4.78 is 0. The van der Waals surface area contributed by atoms with Gasteiger partial charge in [0, 0.05) is 0 Å². The number of anilines is 1. The van der Waals surface area contributed by atoms with Gasteiger partial charge >= 0.3 is 0 Å². The van der Waals surface area contributed by atoms with Gasteiger partial charge in [-0.2, -0.15) is 0 Å². The Balaban J connectivity index is 1.89. The van der Waals surface area contributed by atoms with Crippen LogP contribution in [0.15, 0.2) is 24.3 Å². The van der Waals surface area contributed by atoms with E-state index in [1.165, 1.54) is 0 Å². The van der Waals surface area contributed by atoms with Crippen molar-refractivity contribution in [2.45, 2.75) is 12.8 Å². The van der Waals surface area contributed by atoms with Gasteiger partial charge in [-0.15, -0.1) is 0 Å². The minimum atomic E-state index is -0.547. The van der Waals surface area contributed by atoms with Gasteiger partial charge in [0.05, 0.1) is 17.8 Å². The molecule has 6 heteroatoms. The number of hydrogen-bond acceptors (Lipinski definition) is 4. The van der Waals surface area contributed by atoms with Gasteiger partial charge in [0.15, 0.2) is 0 Å². The van der Waals surface area contributed by atoms with Crippen LogP contribution in [0.1, 0.15) is 23.2 Å². The molecule has 1 fully saturated rings. The Bertz CT molecular complexity index is 510. The first-order valence-corrected chi connectivity index (χ1v) is 7.21. The van der Waals surface area contributed by atoms with Gasteiger partial charge in [-0.05, 0) is 50.5 Å². The molecule has 0 bridgehead atoms. The van der Waals surface area contributed by atoms with Crippen molar-refractivity contribution in [3.8, 4) is 0 Å². The Hall–Kier alpha value is -1.92. The summed E-state index contributed by atoms with van der Waals surface area (Å²) in [5.74, 6) is -0.107. The smallest absolute Gasteiger partial charge is 0.250 e. The molecule has 2 amide bonds. The average Bonchev–Trinajstić information content (AvgIpc) is 2.48. The SMILES string of the molecule is NCC1CCN(CC(=O)Nc2ccccc2C(N)=O)CC1. The molecule has 1 aliphatic rings. The number of nitrogens with one attached hydrogen (secondary N) is 1. The lowest BCUT2D eigenvalue weighted by molar-refractivity contribution is -0.117. The number of rotatable bonds is 5. The zero-order valence-electron chi connectivity index (χ0n) is 12.0. The number of para-hydroxylation sites is 1. The summed E-state index contributed by atoms with van der Waals surface area (Å²) in [7, 11) is 0. The van der Waals surface area contributed by atoms with E-state index in [1.54, 1.807) is 24.3 Å². The van der Waals surface area contributed by atoms with E-state index in [4.69, 9.17) is 11.5 Å². The predicted molar refractivity (Wildman–Crippen MR) is 81.8 cm³/mol. The lowest BCUT2D eigenvalue weighted by Crippen LogP contribution is -2.40. The molecule has 114 valence electrons. The first-order valence-electron chi connectivity index (χ1n) is 7.21. The molecule has 0 aromatic heterocycles. The van der Waals surface area contributed by atoms with Gasteiger partial charge in [-0.3, -0.25) is 14.5 Å². The number of nitrogens with zero attached hydrogens (tertiary/aromatic N) is 1. The second-order valence-electron chi connectivity index (χ2n) is 5.41. The minimum absolute atomic E-state index is 0.130. The van der Waals surface area contributed by atoms with E-state index in [0.717, 1.165) is 25.9 Å². The third-order valence-corrected chi connectivity index (χ3v) is 3.87. The topological polar surface area (TPSA) is 101 Å². The fraction of sp³-hybridized carbons (Fsp3) is 0.467. The average molecular weight is 290 g/mol. The summed E-state index contributed by atoms with van der Waals surface area (Å²) in [4.78, 5) is 25.5. The highest BCUT2D eigenvalue weighted by atomic mass is 16.2. The molecule has 5 N–H and O–H groups in total. The molecule has 1 heterocycles. The van der Waals surface area contributed by atoms with Gasteiger partial charge < -0.3 is 16.8 Å². The van der Waals surface area contributed by atoms with Gasteiger partial charge in [0.1, 0.15) is 0 Å². The Kier molecular flexibility index (Phi) is 5.30. The molecule has 1 aliphatic heterocycles. The summed E-state index contributed by atoms with van der Waals surface area (Å²) in [6.07, 6.45) is 2.06. The molecule has 1 saturated heterocycles. The number of hydrogen-bond donors (Lipinski definition) is 3. The van der Waals surface area contributed by atoms with Crippen LogP contribution in [0.4, 0.5) is 5.69 Å². The maximum absolute atomic E-state index is 12.1. The lowest BCUT2D eigenvalue weighted by atomic mass is 9.97. The van der Waals surface area contributed by atoms with Crippen molar-refractivity contribution in [3.05, 3.63) is 29.8 Å². The number of likely N-dealkylation sites (tertiary alicyclic amines) is 1. The second-order valence-corrected chi connectivity index (χ2v) is 5.41. The number of carbonyl (C=O) groups is 2. The standard InChI is InChI=1S/C15H22N4O2/c16-9-11-5-7-19(8-6-11)10-14(20)18-13-4-2-1-3-12(13)15(17)21/h1-4,11H,5-10,16H2,(H2,17,21)(H,18,20). The van der Waals surface area contributed by atoms with Crippen LogP contribution in [0.5, 0.6) is 0 Å². The molecule has 0 radical (unpaired) electrons. The van der Waals surface area contributed by atoms with Crippen LogP contribution >= 0.6 is 0 Å². The van der Waals surface area contributed by atoms with E-state index in [9.17, 15) is 9.59 Å². The van der Waals surface area contributed by atoms with Crippen molar-refractivity contribution < 1.29 is 9.59 Å². The van der Waals surface area contributed by atoms with Crippen LogP contribution in [-0.4, -0.2) is 42.9 Å². The quantitative estimate of drug-likeness (QED) is 0.730. The van der Waals surface area contributed by atoms with Crippen LogP contribution in [0, 0.1) is 5.92 Å². The summed E-state index contributed by atoms with van der Waals surface area (Å²) in [6, 6.07) is 6.76. The summed E-state index contributed by atoms with van der Waals surface area (Å²) in [5.41, 5.74) is 11.7. The molecular weight excluding hydrogens is 268 g/mol. The molecule has 6 nitrogen and oxygen atoms in total. The number of nitrogens with two attached hydrogens (primary N) is 2. The van der Waals surface area contributed by atoms with Crippen LogP contribution in [-0.2, 0) is 4.79 Å². The number of piperidine rings is 1. The zero-order valence-corrected chi connectivity index (χ0v) is 12.0. The Morgan fingerprint density at radius 3 is 2.52 bits per heavy atom. The van der Waals surface area contributed by atoms with Gasteiger partial charge in [0.25, 0.3) is 5.91 Å². The molecule has 0 spiro atoms. The molecule has 1 aromatic carbocycles. The first-order chi connectivity index (χ1) is 10.1. The summed E-state index contributed by atoms with van der Waals surface area (Å²) in [6.45, 7) is 2.80. The first kappa shape index (κ1) is 15.5. The normalized spacial score (nSPS) is 16.6. The highest BCUT2D eigenvalue weighted by Crippen LogP contribution is 2.17. The zero-order chi connectivity index (χ0) is 15.2. The molecule has 0 aliphatic carbocycles. The number of carbonyl (C=O) groups excluding carboxylic acids is 2. The van der Waals surface area contributed by atoms with E-state index in [1.807, 2.05) is 0 Å². The van der Waals surface area contributed by atoms with Crippen molar-refractivity contribution in [1.82, 2.24) is 4.90 Å². The second kappa shape index (κ2) is 7.19. The largest absolute Gasteiger partial charge is 0.366 e. The van der Waals surface area contributed by atoms with Gasteiger partial charge in [0.2, 0.25) is 5.91 Å². The van der Waals surface area contributed by atoms with E-state index < -0.39 is 5.91 Å². The van der Waals surface area contributed by atoms with Crippen molar-refractivity contribution in [2.24, 2.45) is 17.4 Å². The Labute approximate surface area is 124 Å². The van der Waals surface area contributed by atoms with E-state index in [2.05, 4.69) is 10.2 Å².